The molecule has 2 atom stereocenters. The Kier molecular flexibility index (Phi) is 16.5. The predicted octanol–water partition coefficient (Wildman–Crippen LogP) is 6.55. The summed E-state index contributed by atoms with van der Waals surface area (Å²) in [6, 6.07) is 0. The number of hydrogen-bond donors (Lipinski definition) is 0. The van der Waals surface area contributed by atoms with Crippen LogP contribution in [-0.4, -0.2) is 31.2 Å². The second-order valence-electron chi connectivity index (χ2n) is 7.72. The summed E-state index contributed by atoms with van der Waals surface area (Å²) >= 11 is 0. The molecule has 0 heterocycles. The molecule has 0 fully saturated rings. The maximum atomic E-state index is 12.4. The highest BCUT2D eigenvalue weighted by atomic mass is 16.6. The molecule has 0 spiro atoms. The van der Waals surface area contributed by atoms with Gasteiger partial charge in [0.15, 0.2) is 6.23 Å². The van der Waals surface area contributed by atoms with Crippen molar-refractivity contribution in [1.29, 1.82) is 0 Å². The van der Waals surface area contributed by atoms with Gasteiger partial charge in [0, 0.05) is 0 Å². The van der Waals surface area contributed by atoms with E-state index >= 15 is 0 Å². The van der Waals surface area contributed by atoms with E-state index in [4.69, 9.17) is 4.74 Å². The molecule has 0 bridgehead atoms. The van der Waals surface area contributed by atoms with Crippen LogP contribution in [0.5, 0.6) is 0 Å². The van der Waals surface area contributed by atoms with E-state index in [9.17, 15) is 4.79 Å². The molecular formula is C22H45NO2. The fraction of sp³-hybridized carbons (Fsp3) is 0.955. The summed E-state index contributed by atoms with van der Waals surface area (Å²) in [5, 5.41) is 0. The SMILES string of the molecule is CCCCCCCCCCCC(OC(=O)C(CC)CCCC)N(C)C. The van der Waals surface area contributed by atoms with Crippen molar-refractivity contribution >= 4 is 5.97 Å². The molecule has 3 heteroatoms. The molecule has 0 saturated heterocycles. The van der Waals surface area contributed by atoms with Crippen molar-refractivity contribution in [2.24, 2.45) is 5.92 Å². The van der Waals surface area contributed by atoms with Gasteiger partial charge in [-0.1, -0.05) is 85.0 Å². The summed E-state index contributed by atoms with van der Waals surface area (Å²) in [6.45, 7) is 6.53. The third-order valence-corrected chi connectivity index (χ3v) is 5.12. The lowest BCUT2D eigenvalue weighted by Gasteiger charge is -2.26. The fourth-order valence-corrected chi connectivity index (χ4v) is 3.22. The zero-order valence-electron chi connectivity index (χ0n) is 17.8. The number of carbonyl (C=O) groups is 1. The molecule has 0 aromatic rings. The van der Waals surface area contributed by atoms with E-state index < -0.39 is 0 Å². The van der Waals surface area contributed by atoms with Crippen LogP contribution in [0.4, 0.5) is 0 Å². The number of carbonyl (C=O) groups excluding carboxylic acids is 1. The third kappa shape index (κ3) is 13.3. The van der Waals surface area contributed by atoms with E-state index in [1.165, 1.54) is 51.4 Å². The van der Waals surface area contributed by atoms with E-state index in [1.54, 1.807) is 0 Å². The Balaban J connectivity index is 3.95. The van der Waals surface area contributed by atoms with Crippen molar-refractivity contribution in [1.82, 2.24) is 4.90 Å². The van der Waals surface area contributed by atoms with Crippen molar-refractivity contribution < 1.29 is 9.53 Å². The van der Waals surface area contributed by atoms with E-state index in [1.807, 2.05) is 14.1 Å². The van der Waals surface area contributed by atoms with Gasteiger partial charge in [0.25, 0.3) is 0 Å². The maximum absolute atomic E-state index is 12.4. The van der Waals surface area contributed by atoms with Gasteiger partial charge in [-0.25, -0.2) is 0 Å². The number of nitrogens with zero attached hydrogens (tertiary/aromatic N) is 1. The van der Waals surface area contributed by atoms with Crippen LogP contribution in [0.15, 0.2) is 0 Å². The lowest BCUT2D eigenvalue weighted by molar-refractivity contribution is -0.163. The van der Waals surface area contributed by atoms with Crippen LogP contribution >= 0.6 is 0 Å². The van der Waals surface area contributed by atoms with Gasteiger partial charge in [-0.3, -0.25) is 9.69 Å². The molecule has 0 aliphatic rings. The number of ether oxygens (including phenoxy) is 1. The summed E-state index contributed by atoms with van der Waals surface area (Å²) in [7, 11) is 4.03. The van der Waals surface area contributed by atoms with Crippen molar-refractivity contribution in [3.05, 3.63) is 0 Å². The van der Waals surface area contributed by atoms with Gasteiger partial charge >= 0.3 is 5.97 Å². The van der Waals surface area contributed by atoms with Crippen molar-refractivity contribution in [2.75, 3.05) is 14.1 Å². The highest BCUT2D eigenvalue weighted by molar-refractivity contribution is 5.72. The van der Waals surface area contributed by atoms with Gasteiger partial charge in [-0.2, -0.15) is 0 Å². The van der Waals surface area contributed by atoms with Crippen molar-refractivity contribution in [2.45, 2.75) is 117 Å². The molecule has 0 aromatic carbocycles. The smallest absolute Gasteiger partial charge is 0.310 e. The number of rotatable bonds is 17. The summed E-state index contributed by atoms with van der Waals surface area (Å²) in [6.07, 6.45) is 16.9. The second-order valence-corrected chi connectivity index (χ2v) is 7.72. The first-order valence-corrected chi connectivity index (χ1v) is 10.9. The van der Waals surface area contributed by atoms with Crippen molar-refractivity contribution in [3.8, 4) is 0 Å². The van der Waals surface area contributed by atoms with Crippen LogP contribution in [0.3, 0.4) is 0 Å². The summed E-state index contributed by atoms with van der Waals surface area (Å²) in [5.41, 5.74) is 0. The van der Waals surface area contributed by atoms with E-state index in [0.29, 0.717) is 0 Å². The lowest BCUT2D eigenvalue weighted by atomic mass is 9.99. The first kappa shape index (κ1) is 24.4. The zero-order valence-corrected chi connectivity index (χ0v) is 17.8. The van der Waals surface area contributed by atoms with Gasteiger partial charge in [0.2, 0.25) is 0 Å². The van der Waals surface area contributed by atoms with Gasteiger partial charge in [-0.05, 0) is 39.8 Å². The number of esters is 1. The number of hydrogen-bond acceptors (Lipinski definition) is 3. The van der Waals surface area contributed by atoms with Gasteiger partial charge in [-0.15, -0.1) is 0 Å². The summed E-state index contributed by atoms with van der Waals surface area (Å²) in [5.74, 6) is 0.0797. The van der Waals surface area contributed by atoms with Gasteiger partial charge in [0.05, 0.1) is 5.92 Å². The van der Waals surface area contributed by atoms with Crippen LogP contribution in [0, 0.1) is 5.92 Å². The first-order chi connectivity index (χ1) is 12.1. The van der Waals surface area contributed by atoms with E-state index in [2.05, 4.69) is 25.7 Å². The topological polar surface area (TPSA) is 29.5 Å². The fourth-order valence-electron chi connectivity index (χ4n) is 3.22. The van der Waals surface area contributed by atoms with Gasteiger partial charge in [0.1, 0.15) is 0 Å². The summed E-state index contributed by atoms with van der Waals surface area (Å²) < 4.78 is 5.82. The lowest BCUT2D eigenvalue weighted by Crippen LogP contribution is -2.35. The predicted molar refractivity (Wildman–Crippen MR) is 109 cm³/mol. The quantitative estimate of drug-likeness (QED) is 0.168. The standard InChI is InChI=1S/C22H45NO2/c1-6-9-11-12-13-14-15-16-17-19-21(23(4)5)25-22(24)20(8-3)18-10-7-2/h20-21H,6-19H2,1-5H3. The Labute approximate surface area is 157 Å². The maximum Gasteiger partial charge on any atom is 0.310 e. The molecule has 0 rings (SSSR count). The Morgan fingerprint density at radius 2 is 1.28 bits per heavy atom. The molecule has 0 saturated carbocycles. The Morgan fingerprint density at radius 3 is 1.76 bits per heavy atom. The molecular weight excluding hydrogens is 310 g/mol. The second kappa shape index (κ2) is 16.9. The average Bonchev–Trinajstić information content (AvgIpc) is 2.59. The Morgan fingerprint density at radius 1 is 0.760 bits per heavy atom. The van der Waals surface area contributed by atoms with E-state index in [0.717, 1.165) is 38.5 Å². The minimum atomic E-state index is -0.0623. The minimum absolute atomic E-state index is 0.00516. The highest BCUT2D eigenvalue weighted by Gasteiger charge is 2.22. The molecule has 0 aliphatic carbocycles. The molecule has 25 heavy (non-hydrogen) atoms. The van der Waals surface area contributed by atoms with Crippen LogP contribution in [0.2, 0.25) is 0 Å². The Hall–Kier alpha value is -0.570. The zero-order chi connectivity index (χ0) is 18.9. The third-order valence-electron chi connectivity index (χ3n) is 5.12. The van der Waals surface area contributed by atoms with Gasteiger partial charge < -0.3 is 4.74 Å². The molecule has 2 unspecified atom stereocenters. The van der Waals surface area contributed by atoms with Crippen molar-refractivity contribution in [3.63, 3.8) is 0 Å². The minimum Gasteiger partial charge on any atom is -0.446 e. The molecule has 3 nitrogen and oxygen atoms in total. The molecule has 0 aromatic heterocycles. The average molecular weight is 356 g/mol. The normalized spacial score (nSPS) is 13.8. The Bertz CT molecular complexity index is 304. The van der Waals surface area contributed by atoms with Crippen LogP contribution in [0.25, 0.3) is 0 Å². The molecule has 0 amide bonds. The van der Waals surface area contributed by atoms with Crippen LogP contribution in [-0.2, 0) is 9.53 Å². The monoisotopic (exact) mass is 355 g/mol. The van der Waals surface area contributed by atoms with E-state index in [-0.39, 0.29) is 18.1 Å². The molecule has 0 N–H and O–H groups in total. The van der Waals surface area contributed by atoms with Crippen LogP contribution < -0.4 is 0 Å². The molecule has 0 aliphatic heterocycles. The largest absolute Gasteiger partial charge is 0.446 e. The van der Waals surface area contributed by atoms with Crippen LogP contribution in [0.1, 0.15) is 111 Å². The molecule has 150 valence electrons. The molecule has 0 radical (unpaired) electrons. The summed E-state index contributed by atoms with van der Waals surface area (Å²) in [4.78, 5) is 14.5. The highest BCUT2D eigenvalue weighted by Crippen LogP contribution is 2.18. The first-order valence-electron chi connectivity index (χ1n) is 10.9. The number of unbranched alkanes of at least 4 members (excludes halogenated alkanes) is 9.